The summed E-state index contributed by atoms with van der Waals surface area (Å²) in [6, 6.07) is 8.71. The molecule has 2 fully saturated rings. The highest BCUT2D eigenvalue weighted by Gasteiger charge is 2.21. The summed E-state index contributed by atoms with van der Waals surface area (Å²) < 4.78 is 14.4. The second kappa shape index (κ2) is 8.98. The molecule has 1 unspecified atom stereocenters. The summed E-state index contributed by atoms with van der Waals surface area (Å²) in [5.74, 6) is 0.322. The molecule has 1 aromatic carbocycles. The van der Waals surface area contributed by atoms with Gasteiger partial charge in [0.05, 0.1) is 13.2 Å². The third kappa shape index (κ3) is 11.2. The van der Waals surface area contributed by atoms with E-state index in [0.717, 1.165) is 32.8 Å². The van der Waals surface area contributed by atoms with Crippen molar-refractivity contribution in [3.63, 3.8) is 0 Å². The molecule has 4 nitrogen and oxygen atoms in total. The van der Waals surface area contributed by atoms with E-state index in [1.54, 1.807) is 24.3 Å². The van der Waals surface area contributed by atoms with Crippen molar-refractivity contribution in [2.75, 3.05) is 26.4 Å². The van der Waals surface area contributed by atoms with Gasteiger partial charge >= 0.3 is 0 Å². The first-order valence-electron chi connectivity index (χ1n) is 5.88. The van der Waals surface area contributed by atoms with Gasteiger partial charge in [0, 0.05) is 6.61 Å². The number of rotatable bonds is 3. The van der Waals surface area contributed by atoms with Crippen molar-refractivity contribution in [3.05, 3.63) is 30.3 Å². The molecular formula is C13H20O4. The summed E-state index contributed by atoms with van der Waals surface area (Å²) in [6.07, 6.45) is 1.24. The molecule has 0 spiro atoms. The molecular weight excluding hydrogens is 220 g/mol. The van der Waals surface area contributed by atoms with E-state index in [2.05, 4.69) is 11.7 Å². The first-order chi connectivity index (χ1) is 8.33. The molecule has 0 aromatic heterocycles. The molecule has 0 saturated carbocycles. The van der Waals surface area contributed by atoms with E-state index in [9.17, 15) is 0 Å². The van der Waals surface area contributed by atoms with Gasteiger partial charge in [-0.3, -0.25) is 0 Å². The largest absolute Gasteiger partial charge is 0.508 e. The number of para-hydroxylation sites is 1. The predicted octanol–water partition coefficient (Wildman–Crippen LogP) is 2.18. The van der Waals surface area contributed by atoms with Gasteiger partial charge in [0.25, 0.3) is 0 Å². The molecule has 3 rings (SSSR count). The van der Waals surface area contributed by atoms with Crippen molar-refractivity contribution in [1.29, 1.82) is 0 Å². The molecule has 2 aliphatic heterocycles. The van der Waals surface area contributed by atoms with Gasteiger partial charge in [-0.05, 0) is 18.6 Å². The number of aromatic hydroxyl groups is 1. The van der Waals surface area contributed by atoms with E-state index in [0.29, 0.717) is 5.75 Å². The highest BCUT2D eigenvalue weighted by atomic mass is 16.8. The van der Waals surface area contributed by atoms with Crippen molar-refractivity contribution in [1.82, 2.24) is 0 Å². The Morgan fingerprint density at radius 1 is 1.29 bits per heavy atom. The van der Waals surface area contributed by atoms with Crippen molar-refractivity contribution in [2.45, 2.75) is 19.6 Å². The summed E-state index contributed by atoms with van der Waals surface area (Å²) in [5, 5.41) is 8.63. The Labute approximate surface area is 102 Å². The number of hydrogen-bond acceptors (Lipinski definition) is 4. The fraction of sp³-hybridized carbons (Fsp3) is 0.538. The second-order valence-electron chi connectivity index (χ2n) is 3.58. The fourth-order valence-corrected chi connectivity index (χ4v) is 0.813. The molecule has 4 heteroatoms. The molecule has 1 atom stereocenters. The minimum Gasteiger partial charge on any atom is -0.508 e. The number of benzene rings is 1. The van der Waals surface area contributed by atoms with Crippen LogP contribution in [0.4, 0.5) is 0 Å². The van der Waals surface area contributed by atoms with Crippen LogP contribution in [0.2, 0.25) is 0 Å². The number of phenolic OH excluding ortho intramolecular Hbond substituents is 1. The molecule has 2 aliphatic rings. The van der Waals surface area contributed by atoms with Crippen molar-refractivity contribution >= 4 is 0 Å². The van der Waals surface area contributed by atoms with Gasteiger partial charge in [0.2, 0.25) is 0 Å². The van der Waals surface area contributed by atoms with Gasteiger partial charge in [0.1, 0.15) is 12.4 Å². The number of phenols is 1. The predicted molar refractivity (Wildman–Crippen MR) is 64.9 cm³/mol. The van der Waals surface area contributed by atoms with E-state index in [4.69, 9.17) is 14.6 Å². The van der Waals surface area contributed by atoms with E-state index in [1.807, 2.05) is 6.07 Å². The Morgan fingerprint density at radius 3 is 2.18 bits per heavy atom. The van der Waals surface area contributed by atoms with Crippen LogP contribution in [0, 0.1) is 0 Å². The summed E-state index contributed by atoms with van der Waals surface area (Å²) in [5.41, 5.74) is 0. The molecule has 1 aromatic rings. The monoisotopic (exact) mass is 240 g/mol. The van der Waals surface area contributed by atoms with Gasteiger partial charge in [0.15, 0.2) is 6.29 Å². The van der Waals surface area contributed by atoms with Crippen molar-refractivity contribution in [3.8, 4) is 5.75 Å². The van der Waals surface area contributed by atoms with Crippen molar-refractivity contribution in [2.24, 2.45) is 0 Å². The van der Waals surface area contributed by atoms with Crippen LogP contribution in [0.3, 0.4) is 0 Å². The average molecular weight is 240 g/mol. The average Bonchev–Trinajstić information content (AvgIpc) is 3.22. The molecule has 0 amide bonds. The lowest BCUT2D eigenvalue weighted by atomic mass is 10.3. The zero-order valence-electron chi connectivity index (χ0n) is 10.2. The Hall–Kier alpha value is -1.10. The molecule has 2 saturated heterocycles. The van der Waals surface area contributed by atoms with Crippen LogP contribution in [0.5, 0.6) is 5.75 Å². The minimum absolute atomic E-state index is 0.153. The zero-order valence-corrected chi connectivity index (χ0v) is 10.2. The quantitative estimate of drug-likeness (QED) is 0.823. The smallest absolute Gasteiger partial charge is 0.181 e. The highest BCUT2D eigenvalue weighted by Crippen LogP contribution is 2.09. The van der Waals surface area contributed by atoms with Crippen LogP contribution in [-0.2, 0) is 14.2 Å². The van der Waals surface area contributed by atoms with E-state index in [-0.39, 0.29) is 6.29 Å². The Morgan fingerprint density at radius 2 is 1.88 bits per heavy atom. The van der Waals surface area contributed by atoms with Gasteiger partial charge < -0.3 is 19.3 Å². The molecule has 0 bridgehead atoms. The van der Waals surface area contributed by atoms with Crippen LogP contribution >= 0.6 is 0 Å². The third-order valence-corrected chi connectivity index (χ3v) is 1.77. The van der Waals surface area contributed by atoms with Crippen LogP contribution in [-0.4, -0.2) is 37.8 Å². The molecule has 96 valence electrons. The number of epoxide rings is 2. The maximum Gasteiger partial charge on any atom is 0.181 e. The molecule has 0 radical (unpaired) electrons. The SMILES string of the molecule is C1CO1.CCCOC1CO1.Oc1ccccc1. The molecule has 2 heterocycles. The van der Waals surface area contributed by atoms with E-state index >= 15 is 0 Å². The highest BCUT2D eigenvalue weighted by molar-refractivity contribution is 5.18. The molecule has 1 N–H and O–H groups in total. The second-order valence-corrected chi connectivity index (χ2v) is 3.58. The Bertz CT molecular complexity index is 267. The normalized spacial score (nSPS) is 19.2. The zero-order chi connectivity index (χ0) is 12.3. The van der Waals surface area contributed by atoms with Crippen LogP contribution in [0.25, 0.3) is 0 Å². The van der Waals surface area contributed by atoms with E-state index in [1.165, 1.54) is 0 Å². The summed E-state index contributed by atoms with van der Waals surface area (Å²) in [6.45, 7) is 5.73. The van der Waals surface area contributed by atoms with Crippen LogP contribution in [0.15, 0.2) is 30.3 Å². The maximum atomic E-state index is 8.63. The lowest BCUT2D eigenvalue weighted by molar-refractivity contribution is 0.0508. The maximum absolute atomic E-state index is 8.63. The van der Waals surface area contributed by atoms with E-state index < -0.39 is 0 Å². The number of hydrogen-bond donors (Lipinski definition) is 1. The van der Waals surface area contributed by atoms with Gasteiger partial charge in [-0.2, -0.15) is 0 Å². The first kappa shape index (κ1) is 14.0. The lowest BCUT2D eigenvalue weighted by Crippen LogP contribution is -1.94. The van der Waals surface area contributed by atoms with Gasteiger partial charge in [-0.15, -0.1) is 0 Å². The van der Waals surface area contributed by atoms with Crippen LogP contribution in [0.1, 0.15) is 13.3 Å². The Balaban J connectivity index is 0.000000137. The standard InChI is InChI=1S/C6H6O.C5H10O2.C2H4O/c7-6-4-2-1-3-5-6;1-2-3-6-5-4-7-5;1-2-3-1/h1-5,7H;5H,2-4H2,1H3;1-2H2. The third-order valence-electron chi connectivity index (χ3n) is 1.77. The number of ether oxygens (including phenoxy) is 3. The summed E-state index contributed by atoms with van der Waals surface area (Å²) in [7, 11) is 0. The Kier molecular flexibility index (Phi) is 7.38. The first-order valence-corrected chi connectivity index (χ1v) is 5.88. The minimum atomic E-state index is 0.153. The topological polar surface area (TPSA) is 54.5 Å². The van der Waals surface area contributed by atoms with Crippen molar-refractivity contribution < 1.29 is 19.3 Å². The van der Waals surface area contributed by atoms with Gasteiger partial charge in [-0.25, -0.2) is 0 Å². The summed E-state index contributed by atoms with van der Waals surface area (Å²) in [4.78, 5) is 0. The molecule has 0 aliphatic carbocycles. The lowest BCUT2D eigenvalue weighted by Gasteiger charge is -1.91. The van der Waals surface area contributed by atoms with Gasteiger partial charge in [-0.1, -0.05) is 25.1 Å². The van der Waals surface area contributed by atoms with Crippen LogP contribution < -0.4 is 0 Å². The molecule has 17 heavy (non-hydrogen) atoms. The fourth-order valence-electron chi connectivity index (χ4n) is 0.813. The summed E-state index contributed by atoms with van der Waals surface area (Å²) >= 11 is 0.